The van der Waals surface area contributed by atoms with Crippen LogP contribution in [-0.4, -0.2) is 15.6 Å². The fraction of sp³-hybridized carbons (Fsp3) is 0.231. The molecule has 88 valence electrons. The Kier molecular flexibility index (Phi) is 3.04. The minimum atomic E-state index is -0.319. The van der Waals surface area contributed by atoms with Gasteiger partial charge in [-0.2, -0.15) is 5.10 Å². The van der Waals surface area contributed by atoms with Crippen LogP contribution in [0.4, 0.5) is 4.39 Å². The van der Waals surface area contributed by atoms with Crippen LogP contribution >= 0.6 is 0 Å². The third-order valence-corrected chi connectivity index (χ3v) is 2.61. The second-order valence-corrected chi connectivity index (χ2v) is 4.08. The Morgan fingerprint density at radius 3 is 2.82 bits per heavy atom. The number of ketones is 1. The highest BCUT2D eigenvalue weighted by Gasteiger charge is 2.11. The van der Waals surface area contributed by atoms with Crippen molar-refractivity contribution in [3.63, 3.8) is 0 Å². The van der Waals surface area contributed by atoms with Crippen molar-refractivity contribution < 1.29 is 9.18 Å². The number of hydrogen-bond donors (Lipinski definition) is 0. The van der Waals surface area contributed by atoms with E-state index in [2.05, 4.69) is 5.10 Å². The Morgan fingerprint density at radius 2 is 2.24 bits per heavy atom. The minimum Gasteiger partial charge on any atom is -0.294 e. The van der Waals surface area contributed by atoms with Crippen molar-refractivity contribution >= 4 is 5.78 Å². The molecule has 2 aromatic rings. The first-order chi connectivity index (χ1) is 8.06. The van der Waals surface area contributed by atoms with Gasteiger partial charge in [-0.25, -0.2) is 4.39 Å². The van der Waals surface area contributed by atoms with Crippen LogP contribution in [0.1, 0.15) is 21.5 Å². The molecular weight excluding hydrogens is 219 g/mol. The number of carbonyl (C=O) groups is 1. The lowest BCUT2D eigenvalue weighted by Gasteiger charge is -2.03. The third-order valence-electron chi connectivity index (χ3n) is 2.61. The molecule has 0 bridgehead atoms. The largest absolute Gasteiger partial charge is 0.294 e. The number of aryl methyl sites for hydroxylation is 2. The summed E-state index contributed by atoms with van der Waals surface area (Å²) in [7, 11) is 1.80. The van der Waals surface area contributed by atoms with E-state index < -0.39 is 0 Å². The second-order valence-electron chi connectivity index (χ2n) is 4.08. The highest BCUT2D eigenvalue weighted by molar-refractivity contribution is 5.98. The molecule has 0 N–H and O–H groups in total. The lowest BCUT2D eigenvalue weighted by molar-refractivity contribution is 0.0992. The molecule has 0 aliphatic heterocycles. The van der Waals surface area contributed by atoms with Gasteiger partial charge in [0.15, 0.2) is 5.78 Å². The van der Waals surface area contributed by atoms with Gasteiger partial charge in [0.25, 0.3) is 0 Å². The van der Waals surface area contributed by atoms with Crippen LogP contribution in [0.15, 0.2) is 30.6 Å². The predicted molar refractivity (Wildman–Crippen MR) is 62.4 cm³/mol. The van der Waals surface area contributed by atoms with Crippen molar-refractivity contribution in [2.24, 2.45) is 7.05 Å². The maximum Gasteiger partial charge on any atom is 0.167 e. The van der Waals surface area contributed by atoms with Gasteiger partial charge >= 0.3 is 0 Å². The van der Waals surface area contributed by atoms with E-state index in [-0.39, 0.29) is 11.6 Å². The van der Waals surface area contributed by atoms with Gasteiger partial charge in [0, 0.05) is 25.2 Å². The lowest BCUT2D eigenvalue weighted by Crippen LogP contribution is -2.05. The number of rotatable bonds is 3. The van der Waals surface area contributed by atoms with Crippen LogP contribution in [-0.2, 0) is 13.5 Å². The molecule has 0 saturated carbocycles. The number of hydrogen-bond acceptors (Lipinski definition) is 2. The van der Waals surface area contributed by atoms with E-state index in [1.807, 2.05) is 0 Å². The van der Waals surface area contributed by atoms with Gasteiger partial charge < -0.3 is 0 Å². The average molecular weight is 232 g/mol. The number of halogens is 1. The summed E-state index contributed by atoms with van der Waals surface area (Å²) >= 11 is 0. The van der Waals surface area contributed by atoms with Crippen LogP contribution in [0, 0.1) is 12.7 Å². The van der Waals surface area contributed by atoms with Gasteiger partial charge in [-0.05, 0) is 36.2 Å². The van der Waals surface area contributed by atoms with E-state index in [4.69, 9.17) is 0 Å². The molecule has 3 nitrogen and oxygen atoms in total. The van der Waals surface area contributed by atoms with Crippen molar-refractivity contribution in [3.05, 3.63) is 53.1 Å². The summed E-state index contributed by atoms with van der Waals surface area (Å²) in [6, 6.07) is 4.21. The highest BCUT2D eigenvalue weighted by Crippen LogP contribution is 2.13. The molecule has 1 heterocycles. The van der Waals surface area contributed by atoms with Crippen LogP contribution in [0.2, 0.25) is 0 Å². The summed E-state index contributed by atoms with van der Waals surface area (Å²) < 4.78 is 14.6. The number of benzene rings is 1. The third kappa shape index (κ3) is 2.58. The van der Waals surface area contributed by atoms with Crippen molar-refractivity contribution in [1.29, 1.82) is 0 Å². The molecule has 0 saturated heterocycles. The quantitative estimate of drug-likeness (QED) is 0.761. The smallest absolute Gasteiger partial charge is 0.167 e. The molecular formula is C13H13FN2O. The fourth-order valence-corrected chi connectivity index (χ4v) is 1.78. The first kappa shape index (κ1) is 11.5. The zero-order chi connectivity index (χ0) is 12.4. The molecule has 0 atom stereocenters. The van der Waals surface area contributed by atoms with Gasteiger partial charge in [0.2, 0.25) is 0 Å². The molecule has 0 spiro atoms. The first-order valence-corrected chi connectivity index (χ1v) is 5.33. The first-order valence-electron chi connectivity index (χ1n) is 5.33. The van der Waals surface area contributed by atoms with Gasteiger partial charge in [-0.3, -0.25) is 9.48 Å². The Morgan fingerprint density at radius 1 is 1.47 bits per heavy atom. The summed E-state index contributed by atoms with van der Waals surface area (Å²) in [4.78, 5) is 12.0. The van der Waals surface area contributed by atoms with Crippen molar-refractivity contribution in [2.45, 2.75) is 13.3 Å². The Balaban J connectivity index is 2.20. The molecule has 4 heteroatoms. The predicted octanol–water partition coefficient (Wildman–Crippen LogP) is 2.29. The number of aromatic nitrogens is 2. The zero-order valence-electron chi connectivity index (χ0n) is 9.77. The minimum absolute atomic E-state index is 0.0181. The molecule has 17 heavy (non-hydrogen) atoms. The zero-order valence-corrected chi connectivity index (χ0v) is 9.77. The van der Waals surface area contributed by atoms with Gasteiger partial charge in [-0.15, -0.1) is 0 Å². The van der Waals surface area contributed by atoms with Gasteiger partial charge in [-0.1, -0.05) is 0 Å². The topological polar surface area (TPSA) is 34.9 Å². The molecule has 2 rings (SSSR count). The Bertz CT molecular complexity index is 560. The molecule has 0 unspecified atom stereocenters. The SMILES string of the molecule is Cc1cc(F)ccc1C(=O)Cc1cnn(C)c1. The van der Waals surface area contributed by atoms with Crippen molar-refractivity contribution in [3.8, 4) is 0 Å². The molecule has 0 aliphatic rings. The van der Waals surface area contributed by atoms with Crippen LogP contribution in [0.3, 0.4) is 0 Å². The maximum absolute atomic E-state index is 12.9. The van der Waals surface area contributed by atoms with Crippen LogP contribution in [0.5, 0.6) is 0 Å². The number of Topliss-reactive ketones (excluding diaryl/α,β-unsaturated/α-hetero) is 1. The Hall–Kier alpha value is -1.97. The molecule has 1 aromatic heterocycles. The molecule has 0 fully saturated rings. The van der Waals surface area contributed by atoms with E-state index in [1.165, 1.54) is 18.2 Å². The fourth-order valence-electron chi connectivity index (χ4n) is 1.78. The summed E-state index contributed by atoms with van der Waals surface area (Å²) in [6.07, 6.45) is 3.76. The summed E-state index contributed by atoms with van der Waals surface area (Å²) in [6.45, 7) is 1.74. The highest BCUT2D eigenvalue weighted by atomic mass is 19.1. The lowest BCUT2D eigenvalue weighted by atomic mass is 10.0. The standard InChI is InChI=1S/C13H13FN2O/c1-9-5-11(14)3-4-12(9)13(17)6-10-7-15-16(2)8-10/h3-5,7-8H,6H2,1-2H3. The van der Waals surface area contributed by atoms with E-state index >= 15 is 0 Å². The van der Waals surface area contributed by atoms with E-state index in [0.717, 1.165) is 5.56 Å². The summed E-state index contributed by atoms with van der Waals surface area (Å²) in [5.74, 6) is -0.337. The normalized spacial score (nSPS) is 10.5. The van der Waals surface area contributed by atoms with Gasteiger partial charge in [0.1, 0.15) is 5.82 Å². The average Bonchev–Trinajstić information content (AvgIpc) is 2.63. The molecule has 0 radical (unpaired) electrons. The second kappa shape index (κ2) is 4.49. The maximum atomic E-state index is 12.9. The Labute approximate surface area is 98.9 Å². The summed E-state index contributed by atoms with van der Waals surface area (Å²) in [5.41, 5.74) is 2.09. The van der Waals surface area contributed by atoms with Crippen molar-refractivity contribution in [2.75, 3.05) is 0 Å². The van der Waals surface area contributed by atoms with Crippen LogP contribution in [0.25, 0.3) is 0 Å². The van der Waals surface area contributed by atoms with Crippen LogP contribution < -0.4 is 0 Å². The van der Waals surface area contributed by atoms with Gasteiger partial charge in [0.05, 0.1) is 6.20 Å². The molecule has 1 aromatic carbocycles. The molecule has 0 amide bonds. The number of carbonyl (C=O) groups excluding carboxylic acids is 1. The molecule has 0 aliphatic carbocycles. The summed E-state index contributed by atoms with van der Waals surface area (Å²) in [5, 5.41) is 4.00. The van der Waals surface area contributed by atoms with E-state index in [0.29, 0.717) is 17.5 Å². The number of nitrogens with zero attached hydrogens (tertiary/aromatic N) is 2. The van der Waals surface area contributed by atoms with E-state index in [1.54, 1.807) is 31.0 Å². The van der Waals surface area contributed by atoms with Crippen molar-refractivity contribution in [1.82, 2.24) is 9.78 Å². The monoisotopic (exact) mass is 232 g/mol. The van der Waals surface area contributed by atoms with E-state index in [9.17, 15) is 9.18 Å².